The van der Waals surface area contributed by atoms with E-state index in [0.717, 1.165) is 6.42 Å². The van der Waals surface area contributed by atoms with E-state index < -0.39 is 0 Å². The average Bonchev–Trinajstić information content (AvgIpc) is 2.61. The second-order valence-corrected chi connectivity index (χ2v) is 5.42. The van der Waals surface area contributed by atoms with Gasteiger partial charge >= 0.3 is 0 Å². The van der Waals surface area contributed by atoms with Crippen LogP contribution in [0.3, 0.4) is 0 Å². The van der Waals surface area contributed by atoms with E-state index in [9.17, 15) is 0 Å². The Bertz CT molecular complexity index is 313. The van der Waals surface area contributed by atoms with Crippen molar-refractivity contribution < 1.29 is 0 Å². The summed E-state index contributed by atoms with van der Waals surface area (Å²) in [7, 11) is 0. The summed E-state index contributed by atoms with van der Waals surface area (Å²) in [6, 6.07) is 0.585. The molecule has 0 saturated carbocycles. The predicted octanol–water partition coefficient (Wildman–Crippen LogP) is 3.22. The number of piperidine rings is 1. The van der Waals surface area contributed by atoms with Crippen molar-refractivity contribution in [3.8, 4) is 0 Å². The molecule has 1 aromatic heterocycles. The van der Waals surface area contributed by atoms with Gasteiger partial charge in [-0.15, -0.1) is 11.3 Å². The molecule has 2 nitrogen and oxygen atoms in total. The van der Waals surface area contributed by atoms with Gasteiger partial charge in [-0.1, -0.05) is 13.3 Å². The van der Waals surface area contributed by atoms with Gasteiger partial charge in [0.15, 0.2) is 0 Å². The molecule has 0 aliphatic carbocycles. The molecule has 84 valence electrons. The molecule has 15 heavy (non-hydrogen) atoms. The van der Waals surface area contributed by atoms with Crippen molar-refractivity contribution in [2.45, 2.75) is 52.0 Å². The molecule has 0 amide bonds. The largest absolute Gasteiger partial charge is 0.309 e. The standard InChI is InChI=1S/C12H20N2S/c1-3-6-11-14-9(2)12(15-11)10-7-4-5-8-13-10/h10,13H,3-8H2,1-2H3. The Morgan fingerprint density at radius 2 is 2.33 bits per heavy atom. The summed E-state index contributed by atoms with van der Waals surface area (Å²) in [4.78, 5) is 6.14. The van der Waals surface area contributed by atoms with Crippen LogP contribution in [0.2, 0.25) is 0 Å². The number of hydrogen-bond acceptors (Lipinski definition) is 3. The Kier molecular flexibility index (Phi) is 3.76. The smallest absolute Gasteiger partial charge is 0.0931 e. The number of aryl methyl sites for hydroxylation is 2. The number of nitrogens with one attached hydrogen (secondary N) is 1. The topological polar surface area (TPSA) is 24.9 Å². The Balaban J connectivity index is 2.11. The van der Waals surface area contributed by atoms with Gasteiger partial charge in [0.2, 0.25) is 0 Å². The number of hydrogen-bond donors (Lipinski definition) is 1. The first-order valence-corrected chi connectivity index (χ1v) is 6.82. The van der Waals surface area contributed by atoms with E-state index in [1.807, 2.05) is 11.3 Å². The molecular weight excluding hydrogens is 204 g/mol. The molecule has 0 aromatic carbocycles. The molecule has 1 fully saturated rings. The van der Waals surface area contributed by atoms with E-state index in [4.69, 9.17) is 0 Å². The highest BCUT2D eigenvalue weighted by molar-refractivity contribution is 7.11. The highest BCUT2D eigenvalue weighted by Gasteiger charge is 2.19. The summed E-state index contributed by atoms with van der Waals surface area (Å²) in [5, 5.41) is 4.92. The molecule has 1 aromatic rings. The van der Waals surface area contributed by atoms with Gasteiger partial charge in [-0.3, -0.25) is 0 Å². The quantitative estimate of drug-likeness (QED) is 0.852. The number of aromatic nitrogens is 1. The van der Waals surface area contributed by atoms with E-state index >= 15 is 0 Å². The van der Waals surface area contributed by atoms with Crippen molar-refractivity contribution in [1.82, 2.24) is 10.3 Å². The summed E-state index contributed by atoms with van der Waals surface area (Å²) >= 11 is 1.92. The number of rotatable bonds is 3. The molecular formula is C12H20N2S. The minimum absolute atomic E-state index is 0.585. The average molecular weight is 224 g/mol. The van der Waals surface area contributed by atoms with Crippen molar-refractivity contribution in [1.29, 1.82) is 0 Å². The van der Waals surface area contributed by atoms with E-state index in [1.165, 1.54) is 47.8 Å². The van der Waals surface area contributed by atoms with Gasteiger partial charge in [-0.25, -0.2) is 4.98 Å². The monoisotopic (exact) mass is 224 g/mol. The molecule has 1 aliphatic heterocycles. The van der Waals surface area contributed by atoms with E-state index in [0.29, 0.717) is 6.04 Å². The lowest BCUT2D eigenvalue weighted by Crippen LogP contribution is -2.26. The highest BCUT2D eigenvalue weighted by atomic mass is 32.1. The van der Waals surface area contributed by atoms with Gasteiger partial charge in [0.05, 0.1) is 10.7 Å². The summed E-state index contributed by atoms with van der Waals surface area (Å²) < 4.78 is 0. The molecule has 1 saturated heterocycles. The first kappa shape index (κ1) is 11.1. The minimum atomic E-state index is 0.585. The lowest BCUT2D eigenvalue weighted by Gasteiger charge is -2.22. The molecule has 1 atom stereocenters. The SMILES string of the molecule is CCCc1nc(C)c(C2CCCCN2)s1. The van der Waals surface area contributed by atoms with Gasteiger partial charge in [0.25, 0.3) is 0 Å². The summed E-state index contributed by atoms with van der Waals surface area (Å²) in [5.74, 6) is 0. The van der Waals surface area contributed by atoms with Gasteiger partial charge < -0.3 is 5.32 Å². The Morgan fingerprint density at radius 3 is 3.00 bits per heavy atom. The second-order valence-electron chi connectivity index (χ2n) is 4.31. The third-order valence-electron chi connectivity index (χ3n) is 2.97. The Morgan fingerprint density at radius 1 is 1.47 bits per heavy atom. The van der Waals surface area contributed by atoms with E-state index in [-0.39, 0.29) is 0 Å². The number of thiazole rings is 1. The van der Waals surface area contributed by atoms with Crippen molar-refractivity contribution in [3.63, 3.8) is 0 Å². The summed E-state index contributed by atoms with van der Waals surface area (Å²) in [6.45, 7) is 5.54. The van der Waals surface area contributed by atoms with Crippen LogP contribution in [0, 0.1) is 6.92 Å². The molecule has 1 aliphatic rings. The molecule has 0 radical (unpaired) electrons. The first-order chi connectivity index (χ1) is 7.31. The minimum Gasteiger partial charge on any atom is -0.309 e. The molecule has 3 heteroatoms. The molecule has 2 rings (SSSR count). The van der Waals surface area contributed by atoms with Crippen molar-refractivity contribution in [2.24, 2.45) is 0 Å². The normalized spacial score (nSPS) is 21.9. The lowest BCUT2D eigenvalue weighted by molar-refractivity contribution is 0.415. The van der Waals surface area contributed by atoms with E-state index in [1.54, 1.807) is 0 Å². The maximum atomic E-state index is 4.65. The van der Waals surface area contributed by atoms with Gasteiger partial charge in [-0.2, -0.15) is 0 Å². The highest BCUT2D eigenvalue weighted by Crippen LogP contribution is 2.30. The third kappa shape index (κ3) is 2.58. The van der Waals surface area contributed by atoms with Crippen molar-refractivity contribution in [2.75, 3.05) is 6.54 Å². The summed E-state index contributed by atoms with van der Waals surface area (Å²) in [5.41, 5.74) is 1.25. The Hall–Kier alpha value is -0.410. The van der Waals surface area contributed by atoms with Crippen LogP contribution in [0.1, 0.15) is 54.2 Å². The van der Waals surface area contributed by atoms with Crippen LogP contribution in [-0.4, -0.2) is 11.5 Å². The van der Waals surface area contributed by atoms with Crippen LogP contribution in [-0.2, 0) is 6.42 Å². The first-order valence-electron chi connectivity index (χ1n) is 6.01. The van der Waals surface area contributed by atoms with Crippen LogP contribution >= 0.6 is 11.3 Å². The van der Waals surface area contributed by atoms with E-state index in [2.05, 4.69) is 24.1 Å². The Labute approximate surface area is 96.1 Å². The lowest BCUT2D eigenvalue weighted by atomic mass is 10.0. The molecule has 2 heterocycles. The number of nitrogens with zero attached hydrogens (tertiary/aromatic N) is 1. The van der Waals surface area contributed by atoms with Gasteiger partial charge in [-0.05, 0) is 39.2 Å². The van der Waals surface area contributed by atoms with Gasteiger partial charge in [0.1, 0.15) is 0 Å². The second kappa shape index (κ2) is 5.08. The zero-order chi connectivity index (χ0) is 10.7. The zero-order valence-corrected chi connectivity index (χ0v) is 10.5. The maximum Gasteiger partial charge on any atom is 0.0931 e. The van der Waals surface area contributed by atoms with Crippen LogP contribution in [0.25, 0.3) is 0 Å². The van der Waals surface area contributed by atoms with Crippen LogP contribution in [0.5, 0.6) is 0 Å². The molecule has 0 bridgehead atoms. The maximum absolute atomic E-state index is 4.65. The van der Waals surface area contributed by atoms with Crippen molar-refractivity contribution >= 4 is 11.3 Å². The molecule has 1 unspecified atom stereocenters. The molecule has 0 spiro atoms. The fourth-order valence-corrected chi connectivity index (χ4v) is 3.46. The molecule has 1 N–H and O–H groups in total. The zero-order valence-electron chi connectivity index (χ0n) is 9.68. The summed E-state index contributed by atoms with van der Waals surface area (Å²) in [6.07, 6.45) is 6.31. The van der Waals surface area contributed by atoms with Crippen LogP contribution < -0.4 is 5.32 Å². The predicted molar refractivity (Wildman–Crippen MR) is 65.4 cm³/mol. The fraction of sp³-hybridized carbons (Fsp3) is 0.750. The van der Waals surface area contributed by atoms with Crippen molar-refractivity contribution in [3.05, 3.63) is 15.6 Å². The van der Waals surface area contributed by atoms with Gasteiger partial charge in [0, 0.05) is 10.9 Å². The third-order valence-corrected chi connectivity index (χ3v) is 4.30. The van der Waals surface area contributed by atoms with Crippen LogP contribution in [0.15, 0.2) is 0 Å². The fourth-order valence-electron chi connectivity index (χ4n) is 2.19. The van der Waals surface area contributed by atoms with Crippen LogP contribution in [0.4, 0.5) is 0 Å².